The summed E-state index contributed by atoms with van der Waals surface area (Å²) < 4.78 is 5.20. The van der Waals surface area contributed by atoms with Gasteiger partial charge in [-0.2, -0.15) is 0 Å². The average Bonchev–Trinajstić information content (AvgIpc) is 2.99. The van der Waals surface area contributed by atoms with Crippen molar-refractivity contribution in [3.8, 4) is 5.75 Å². The third kappa shape index (κ3) is 3.17. The lowest BCUT2D eigenvalue weighted by Crippen LogP contribution is -2.38. The van der Waals surface area contributed by atoms with Gasteiger partial charge in [0.25, 0.3) is 11.8 Å². The third-order valence-electron chi connectivity index (χ3n) is 5.55. The van der Waals surface area contributed by atoms with Gasteiger partial charge in [0, 0.05) is 13.1 Å². The number of ether oxygens (including phenoxy) is 1. The molecule has 2 aliphatic heterocycles. The number of methoxy groups -OCH3 is 1. The summed E-state index contributed by atoms with van der Waals surface area (Å²) in [6.45, 7) is 3.82. The van der Waals surface area contributed by atoms with Crippen LogP contribution in [0, 0.1) is 5.92 Å². The van der Waals surface area contributed by atoms with Crippen molar-refractivity contribution >= 4 is 23.1 Å². The predicted octanol–water partition coefficient (Wildman–Crippen LogP) is 3.71. The number of anilines is 1. The first-order valence-corrected chi connectivity index (χ1v) is 9.67. The van der Waals surface area contributed by atoms with E-state index in [-0.39, 0.29) is 11.8 Å². The van der Waals surface area contributed by atoms with Crippen molar-refractivity contribution in [2.75, 3.05) is 25.1 Å². The number of imide groups is 1. The molecule has 5 nitrogen and oxygen atoms in total. The maximum Gasteiger partial charge on any atom is 0.282 e. The quantitative estimate of drug-likeness (QED) is 0.764. The van der Waals surface area contributed by atoms with Gasteiger partial charge in [-0.05, 0) is 48.6 Å². The molecule has 5 heteroatoms. The molecule has 28 heavy (non-hydrogen) atoms. The van der Waals surface area contributed by atoms with Crippen LogP contribution in [0.5, 0.6) is 5.75 Å². The van der Waals surface area contributed by atoms with Gasteiger partial charge < -0.3 is 9.64 Å². The second-order valence-corrected chi connectivity index (χ2v) is 7.40. The van der Waals surface area contributed by atoms with Crippen molar-refractivity contribution in [1.82, 2.24) is 4.90 Å². The number of likely N-dealkylation sites (tertiary alicyclic amines) is 1. The summed E-state index contributed by atoms with van der Waals surface area (Å²) in [5.41, 5.74) is 2.37. The Morgan fingerprint density at radius 2 is 1.54 bits per heavy atom. The van der Waals surface area contributed by atoms with E-state index in [0.29, 0.717) is 28.6 Å². The molecule has 1 fully saturated rings. The SMILES string of the molecule is COc1ccc(N2C(=O)C(c3ccccc3)=C(N3CCC(C)CC3)C2=O)cc1. The Morgan fingerprint density at radius 1 is 0.893 bits per heavy atom. The second-order valence-electron chi connectivity index (χ2n) is 7.40. The number of rotatable bonds is 4. The molecule has 1 saturated heterocycles. The van der Waals surface area contributed by atoms with E-state index < -0.39 is 0 Å². The number of piperidine rings is 1. The van der Waals surface area contributed by atoms with Crippen molar-refractivity contribution in [1.29, 1.82) is 0 Å². The monoisotopic (exact) mass is 376 g/mol. The first kappa shape index (κ1) is 18.3. The van der Waals surface area contributed by atoms with Gasteiger partial charge in [-0.3, -0.25) is 9.59 Å². The Hall–Kier alpha value is -3.08. The topological polar surface area (TPSA) is 49.9 Å². The van der Waals surface area contributed by atoms with Gasteiger partial charge in [0.1, 0.15) is 11.4 Å². The van der Waals surface area contributed by atoms with E-state index >= 15 is 0 Å². The molecule has 0 bridgehead atoms. The molecule has 144 valence electrons. The van der Waals surface area contributed by atoms with E-state index in [1.165, 1.54) is 4.90 Å². The summed E-state index contributed by atoms with van der Waals surface area (Å²) in [6.07, 6.45) is 2.05. The molecule has 0 spiro atoms. The molecule has 0 atom stereocenters. The molecule has 0 aromatic heterocycles. The number of nitrogens with zero attached hydrogens (tertiary/aromatic N) is 2. The molecule has 0 aliphatic carbocycles. The molecule has 0 N–H and O–H groups in total. The molecule has 2 aromatic carbocycles. The van der Waals surface area contributed by atoms with Crippen LogP contribution in [0.15, 0.2) is 60.3 Å². The van der Waals surface area contributed by atoms with Crippen molar-refractivity contribution in [2.45, 2.75) is 19.8 Å². The Balaban J connectivity index is 1.76. The van der Waals surface area contributed by atoms with Crippen LogP contribution in [0.3, 0.4) is 0 Å². The maximum atomic E-state index is 13.4. The number of amides is 2. The Bertz CT molecular complexity index is 911. The zero-order valence-electron chi connectivity index (χ0n) is 16.2. The van der Waals surface area contributed by atoms with E-state index in [1.54, 1.807) is 31.4 Å². The first-order chi connectivity index (χ1) is 13.6. The summed E-state index contributed by atoms with van der Waals surface area (Å²) in [5, 5.41) is 0. The van der Waals surface area contributed by atoms with Gasteiger partial charge in [0.2, 0.25) is 0 Å². The van der Waals surface area contributed by atoms with E-state index in [4.69, 9.17) is 4.74 Å². The molecular formula is C23H24N2O3. The fourth-order valence-electron chi connectivity index (χ4n) is 3.87. The highest BCUT2D eigenvalue weighted by Crippen LogP contribution is 2.36. The van der Waals surface area contributed by atoms with E-state index in [0.717, 1.165) is 31.5 Å². The smallest absolute Gasteiger partial charge is 0.282 e. The van der Waals surface area contributed by atoms with Gasteiger partial charge >= 0.3 is 0 Å². The minimum Gasteiger partial charge on any atom is -0.497 e. The van der Waals surface area contributed by atoms with Crippen molar-refractivity contribution in [3.05, 3.63) is 65.9 Å². The highest BCUT2D eigenvalue weighted by atomic mass is 16.5. The molecule has 4 rings (SSSR count). The highest BCUT2D eigenvalue weighted by Gasteiger charge is 2.42. The molecule has 0 saturated carbocycles. The third-order valence-corrected chi connectivity index (χ3v) is 5.55. The minimum absolute atomic E-state index is 0.247. The normalized spacial score (nSPS) is 18.2. The molecule has 2 amide bonds. The average molecular weight is 376 g/mol. The van der Waals surface area contributed by atoms with Gasteiger partial charge in [0.15, 0.2) is 0 Å². The largest absolute Gasteiger partial charge is 0.497 e. The van der Waals surface area contributed by atoms with Gasteiger partial charge in [-0.15, -0.1) is 0 Å². The zero-order valence-corrected chi connectivity index (χ0v) is 16.2. The van der Waals surface area contributed by atoms with Gasteiger partial charge in [0.05, 0.1) is 18.4 Å². The lowest BCUT2D eigenvalue weighted by molar-refractivity contribution is -0.120. The predicted molar refractivity (Wildman–Crippen MR) is 109 cm³/mol. The fourth-order valence-corrected chi connectivity index (χ4v) is 3.87. The molecular weight excluding hydrogens is 352 g/mol. The lowest BCUT2D eigenvalue weighted by atomic mass is 9.97. The maximum absolute atomic E-state index is 13.4. The number of carbonyl (C=O) groups excluding carboxylic acids is 2. The van der Waals surface area contributed by atoms with E-state index in [2.05, 4.69) is 11.8 Å². The van der Waals surface area contributed by atoms with Crippen LogP contribution in [0.2, 0.25) is 0 Å². The van der Waals surface area contributed by atoms with E-state index in [9.17, 15) is 9.59 Å². The minimum atomic E-state index is -0.269. The Morgan fingerprint density at radius 3 is 2.14 bits per heavy atom. The molecule has 2 aliphatic rings. The lowest BCUT2D eigenvalue weighted by Gasteiger charge is -2.32. The summed E-state index contributed by atoms with van der Waals surface area (Å²) in [6, 6.07) is 16.5. The standard InChI is InChI=1S/C23H24N2O3/c1-16-12-14-24(15-13-16)21-20(17-6-4-3-5-7-17)22(26)25(23(21)27)18-8-10-19(28-2)11-9-18/h3-11,16H,12-15H2,1-2H3. The van der Waals surface area contributed by atoms with E-state index in [1.807, 2.05) is 30.3 Å². The number of hydrogen-bond acceptors (Lipinski definition) is 4. The fraction of sp³-hybridized carbons (Fsp3) is 0.304. The summed E-state index contributed by atoms with van der Waals surface area (Å²) in [7, 11) is 1.59. The van der Waals surface area contributed by atoms with Crippen molar-refractivity contribution in [3.63, 3.8) is 0 Å². The Labute approximate surface area is 165 Å². The van der Waals surface area contributed by atoms with Crippen molar-refractivity contribution < 1.29 is 14.3 Å². The Kier molecular flexibility index (Phi) is 4.90. The number of hydrogen-bond donors (Lipinski definition) is 0. The first-order valence-electron chi connectivity index (χ1n) is 9.67. The summed E-state index contributed by atoms with van der Waals surface area (Å²) >= 11 is 0. The molecule has 2 aromatic rings. The van der Waals surface area contributed by atoms with Crippen LogP contribution in [-0.4, -0.2) is 36.9 Å². The van der Waals surface area contributed by atoms with Crippen LogP contribution in [0.25, 0.3) is 5.57 Å². The van der Waals surface area contributed by atoms with Gasteiger partial charge in [-0.25, -0.2) is 4.90 Å². The van der Waals surface area contributed by atoms with Crippen LogP contribution in [0.1, 0.15) is 25.3 Å². The summed E-state index contributed by atoms with van der Waals surface area (Å²) in [4.78, 5) is 30.2. The van der Waals surface area contributed by atoms with Crippen LogP contribution in [-0.2, 0) is 9.59 Å². The highest BCUT2D eigenvalue weighted by molar-refractivity contribution is 6.45. The number of carbonyl (C=O) groups is 2. The molecule has 2 heterocycles. The second kappa shape index (κ2) is 7.50. The van der Waals surface area contributed by atoms with Gasteiger partial charge in [-0.1, -0.05) is 37.3 Å². The van der Waals surface area contributed by atoms with Crippen LogP contribution < -0.4 is 9.64 Å². The number of benzene rings is 2. The molecule has 0 radical (unpaired) electrons. The van der Waals surface area contributed by atoms with Crippen LogP contribution in [0.4, 0.5) is 5.69 Å². The zero-order chi connectivity index (χ0) is 19.7. The van der Waals surface area contributed by atoms with Crippen LogP contribution >= 0.6 is 0 Å². The van der Waals surface area contributed by atoms with Crippen molar-refractivity contribution in [2.24, 2.45) is 5.92 Å². The molecule has 0 unspecified atom stereocenters. The summed E-state index contributed by atoms with van der Waals surface area (Å²) in [5.74, 6) is 0.810.